The van der Waals surface area contributed by atoms with Gasteiger partial charge in [0, 0.05) is 48.4 Å². The summed E-state index contributed by atoms with van der Waals surface area (Å²) in [6.07, 6.45) is 3.74. The van der Waals surface area contributed by atoms with Crippen molar-refractivity contribution in [1.29, 1.82) is 0 Å². The Kier molecular flexibility index (Phi) is 5.19. The van der Waals surface area contributed by atoms with E-state index in [1.165, 1.54) is 5.56 Å². The molecule has 1 aliphatic heterocycles. The maximum absolute atomic E-state index is 5.37. The molecule has 4 rings (SSSR count). The van der Waals surface area contributed by atoms with Crippen LogP contribution >= 0.6 is 0 Å². The van der Waals surface area contributed by atoms with E-state index in [1.807, 2.05) is 18.2 Å². The third kappa shape index (κ3) is 3.81. The molecule has 0 saturated carbocycles. The summed E-state index contributed by atoms with van der Waals surface area (Å²) >= 11 is 0. The number of aryl methyl sites for hydroxylation is 1. The largest absolute Gasteiger partial charge is 0.497 e. The minimum atomic E-state index is 0.405. The van der Waals surface area contributed by atoms with Crippen LogP contribution in [0.2, 0.25) is 0 Å². The van der Waals surface area contributed by atoms with Crippen molar-refractivity contribution in [1.82, 2.24) is 9.97 Å². The van der Waals surface area contributed by atoms with Gasteiger partial charge in [-0.3, -0.25) is 0 Å². The minimum absolute atomic E-state index is 0.405. The molecule has 1 aliphatic rings. The molecule has 6 nitrogen and oxygen atoms in total. The summed E-state index contributed by atoms with van der Waals surface area (Å²) in [4.78, 5) is 11.4. The second kappa shape index (κ2) is 7.92. The lowest BCUT2D eigenvalue weighted by molar-refractivity contribution is 0.394. The number of benzene rings is 2. The molecule has 1 N–H and O–H groups in total. The van der Waals surface area contributed by atoms with E-state index in [-0.39, 0.29) is 0 Å². The molecule has 1 aromatic heterocycles. The van der Waals surface area contributed by atoms with Crippen LogP contribution in [0.4, 0.5) is 11.5 Å². The Hall–Kier alpha value is -3.02. The average molecular weight is 378 g/mol. The quantitative estimate of drug-likeness (QED) is 0.723. The second-order valence-corrected chi connectivity index (χ2v) is 7.22. The van der Waals surface area contributed by atoms with E-state index in [0.717, 1.165) is 59.8 Å². The molecule has 0 unspecified atom stereocenters. The topological polar surface area (TPSA) is 59.5 Å². The summed E-state index contributed by atoms with van der Waals surface area (Å²) in [5.74, 6) is 2.62. The van der Waals surface area contributed by atoms with Crippen molar-refractivity contribution in [2.24, 2.45) is 0 Å². The highest BCUT2D eigenvalue weighted by atomic mass is 16.5. The van der Waals surface area contributed by atoms with Crippen molar-refractivity contribution in [3.63, 3.8) is 0 Å². The van der Waals surface area contributed by atoms with E-state index in [4.69, 9.17) is 9.47 Å². The van der Waals surface area contributed by atoms with Crippen molar-refractivity contribution < 1.29 is 9.47 Å². The predicted octanol–water partition coefficient (Wildman–Crippen LogP) is 4.04. The molecule has 1 fully saturated rings. The van der Waals surface area contributed by atoms with Gasteiger partial charge in [-0.1, -0.05) is 11.6 Å². The zero-order chi connectivity index (χ0) is 19.5. The Balaban J connectivity index is 1.46. The van der Waals surface area contributed by atoms with E-state index >= 15 is 0 Å². The van der Waals surface area contributed by atoms with Gasteiger partial charge < -0.3 is 19.7 Å². The van der Waals surface area contributed by atoms with Crippen molar-refractivity contribution in [3.05, 3.63) is 48.3 Å². The highest BCUT2D eigenvalue weighted by Crippen LogP contribution is 2.29. The molecule has 0 amide bonds. The number of piperidine rings is 1. The van der Waals surface area contributed by atoms with E-state index in [9.17, 15) is 0 Å². The number of nitrogens with zero attached hydrogens (tertiary/aromatic N) is 3. The molecule has 3 aromatic rings. The predicted molar refractivity (Wildman–Crippen MR) is 113 cm³/mol. The molecule has 2 heterocycles. The summed E-state index contributed by atoms with van der Waals surface area (Å²) < 4.78 is 10.7. The number of hydrogen-bond acceptors (Lipinski definition) is 6. The lowest BCUT2D eigenvalue weighted by atomic mass is 10.0. The monoisotopic (exact) mass is 378 g/mol. The summed E-state index contributed by atoms with van der Waals surface area (Å²) in [5, 5.41) is 4.76. The molecule has 0 radical (unpaired) electrons. The molecule has 0 atom stereocenters. The third-order valence-electron chi connectivity index (χ3n) is 5.29. The highest BCUT2D eigenvalue weighted by molar-refractivity contribution is 5.89. The Bertz CT molecular complexity index is 946. The first-order chi connectivity index (χ1) is 13.7. The first-order valence-electron chi connectivity index (χ1n) is 9.62. The van der Waals surface area contributed by atoms with E-state index in [0.29, 0.717) is 6.04 Å². The molecule has 146 valence electrons. The van der Waals surface area contributed by atoms with Gasteiger partial charge in [0.1, 0.15) is 23.6 Å². The van der Waals surface area contributed by atoms with Gasteiger partial charge in [-0.25, -0.2) is 9.97 Å². The highest BCUT2D eigenvalue weighted by Gasteiger charge is 2.22. The van der Waals surface area contributed by atoms with E-state index in [1.54, 1.807) is 20.5 Å². The Labute approximate surface area is 165 Å². The normalized spacial score (nSPS) is 14.9. The van der Waals surface area contributed by atoms with Gasteiger partial charge in [0.2, 0.25) is 0 Å². The standard InChI is InChI=1S/C22H26N4O2/c1-15-4-5-21-20(10-15)22(24-14-23-21)26-8-6-16(7-9-26)25-17-11-18(27-2)13-19(12-17)28-3/h4-5,10-14,16,25H,6-9H2,1-3H3. The molecule has 0 spiro atoms. The first kappa shape index (κ1) is 18.3. The number of nitrogens with one attached hydrogen (secondary N) is 1. The van der Waals surface area contributed by atoms with Crippen LogP contribution in [0.15, 0.2) is 42.7 Å². The van der Waals surface area contributed by atoms with Crippen molar-refractivity contribution >= 4 is 22.4 Å². The van der Waals surface area contributed by atoms with E-state index in [2.05, 4.69) is 45.3 Å². The van der Waals surface area contributed by atoms with Crippen LogP contribution in [0, 0.1) is 6.92 Å². The molecule has 28 heavy (non-hydrogen) atoms. The van der Waals surface area contributed by atoms with Crippen molar-refractivity contribution in [3.8, 4) is 11.5 Å². The minimum Gasteiger partial charge on any atom is -0.497 e. The molecule has 2 aromatic carbocycles. The van der Waals surface area contributed by atoms with Gasteiger partial charge >= 0.3 is 0 Å². The van der Waals surface area contributed by atoms with Crippen LogP contribution in [0.1, 0.15) is 18.4 Å². The van der Waals surface area contributed by atoms with Crippen LogP contribution in [-0.4, -0.2) is 43.3 Å². The van der Waals surface area contributed by atoms with Crippen LogP contribution < -0.4 is 19.7 Å². The summed E-state index contributed by atoms with van der Waals surface area (Å²) in [7, 11) is 3.34. The lowest BCUT2D eigenvalue weighted by Crippen LogP contribution is -2.39. The number of fused-ring (bicyclic) bond motifs is 1. The number of aromatic nitrogens is 2. The molecule has 6 heteroatoms. The van der Waals surface area contributed by atoms with Crippen LogP contribution in [0.25, 0.3) is 10.9 Å². The zero-order valence-electron chi connectivity index (χ0n) is 16.6. The SMILES string of the molecule is COc1cc(NC2CCN(c3ncnc4ccc(C)cc34)CC2)cc(OC)c1. The van der Waals surface area contributed by atoms with Crippen molar-refractivity contribution in [2.75, 3.05) is 37.5 Å². The number of anilines is 2. The van der Waals surface area contributed by atoms with Gasteiger partial charge in [-0.15, -0.1) is 0 Å². The van der Waals surface area contributed by atoms with Crippen LogP contribution in [0.5, 0.6) is 11.5 Å². The van der Waals surface area contributed by atoms with Gasteiger partial charge in [0.05, 0.1) is 19.7 Å². The van der Waals surface area contributed by atoms with Crippen LogP contribution in [-0.2, 0) is 0 Å². The number of methoxy groups -OCH3 is 2. The Morgan fingerprint density at radius 2 is 1.68 bits per heavy atom. The maximum Gasteiger partial charge on any atom is 0.139 e. The smallest absolute Gasteiger partial charge is 0.139 e. The molecular weight excluding hydrogens is 352 g/mol. The van der Waals surface area contributed by atoms with Gasteiger partial charge in [-0.2, -0.15) is 0 Å². The average Bonchev–Trinajstić information content (AvgIpc) is 2.73. The summed E-state index contributed by atoms with van der Waals surface area (Å²) in [6.45, 7) is 4.02. The van der Waals surface area contributed by atoms with Gasteiger partial charge in [0.25, 0.3) is 0 Å². The molecule has 1 saturated heterocycles. The maximum atomic E-state index is 5.37. The molecule has 0 bridgehead atoms. The van der Waals surface area contributed by atoms with Crippen LogP contribution in [0.3, 0.4) is 0 Å². The Morgan fingerprint density at radius 1 is 0.964 bits per heavy atom. The number of rotatable bonds is 5. The molecular formula is C22H26N4O2. The fraction of sp³-hybridized carbons (Fsp3) is 0.364. The first-order valence-corrected chi connectivity index (χ1v) is 9.62. The third-order valence-corrected chi connectivity index (χ3v) is 5.29. The lowest BCUT2D eigenvalue weighted by Gasteiger charge is -2.34. The number of hydrogen-bond donors (Lipinski definition) is 1. The molecule has 0 aliphatic carbocycles. The van der Waals surface area contributed by atoms with E-state index < -0.39 is 0 Å². The zero-order valence-corrected chi connectivity index (χ0v) is 16.6. The van der Waals surface area contributed by atoms with Gasteiger partial charge in [-0.05, 0) is 31.9 Å². The summed E-state index contributed by atoms with van der Waals surface area (Å²) in [5.41, 5.74) is 3.25. The fourth-order valence-electron chi connectivity index (χ4n) is 3.77. The van der Waals surface area contributed by atoms with Gasteiger partial charge in [0.15, 0.2) is 0 Å². The summed E-state index contributed by atoms with van der Waals surface area (Å²) in [6, 6.07) is 12.7. The fourth-order valence-corrected chi connectivity index (χ4v) is 3.77. The Morgan fingerprint density at radius 3 is 2.36 bits per heavy atom. The second-order valence-electron chi connectivity index (χ2n) is 7.22. The van der Waals surface area contributed by atoms with Crippen molar-refractivity contribution in [2.45, 2.75) is 25.8 Å². The number of ether oxygens (including phenoxy) is 2.